The van der Waals surface area contributed by atoms with Crippen molar-refractivity contribution < 1.29 is 19.1 Å². The molecular formula is C22H26N2O4S. The molecule has 0 radical (unpaired) electrons. The number of rotatable bonds is 4. The Morgan fingerprint density at radius 2 is 1.97 bits per heavy atom. The topological polar surface area (TPSA) is 76.7 Å². The summed E-state index contributed by atoms with van der Waals surface area (Å²) >= 11 is 1.53. The van der Waals surface area contributed by atoms with Crippen LogP contribution in [0.3, 0.4) is 0 Å². The molecule has 2 aliphatic rings. The summed E-state index contributed by atoms with van der Waals surface area (Å²) in [6, 6.07) is 7.71. The van der Waals surface area contributed by atoms with E-state index in [9.17, 15) is 9.59 Å². The fourth-order valence-corrected chi connectivity index (χ4v) is 4.79. The van der Waals surface area contributed by atoms with Crippen molar-refractivity contribution in [2.75, 3.05) is 13.2 Å². The quantitative estimate of drug-likeness (QED) is 0.752. The molecule has 1 aliphatic heterocycles. The van der Waals surface area contributed by atoms with Crippen LogP contribution in [0.2, 0.25) is 0 Å². The molecule has 29 heavy (non-hydrogen) atoms. The second kappa shape index (κ2) is 8.86. The summed E-state index contributed by atoms with van der Waals surface area (Å²) in [6.45, 7) is 3.53. The van der Waals surface area contributed by atoms with Crippen LogP contribution >= 0.6 is 11.3 Å². The fraction of sp³-hybridized carbons (Fsp3) is 0.455. The van der Waals surface area contributed by atoms with Gasteiger partial charge in [-0.2, -0.15) is 0 Å². The molecule has 0 fully saturated rings. The Hall–Kier alpha value is -2.54. The lowest BCUT2D eigenvalue weighted by atomic mass is 9.90. The summed E-state index contributed by atoms with van der Waals surface area (Å²) in [5.74, 6) is 1.67. The molecule has 1 aromatic carbocycles. The van der Waals surface area contributed by atoms with Gasteiger partial charge in [0, 0.05) is 17.7 Å². The van der Waals surface area contributed by atoms with Crippen LogP contribution in [0.4, 0.5) is 0 Å². The largest absolute Gasteiger partial charge is 0.490 e. The Labute approximate surface area is 174 Å². The van der Waals surface area contributed by atoms with Gasteiger partial charge in [-0.3, -0.25) is 20.4 Å². The number of amides is 2. The first kappa shape index (κ1) is 19.8. The summed E-state index contributed by atoms with van der Waals surface area (Å²) < 4.78 is 11.3. The van der Waals surface area contributed by atoms with E-state index in [0.717, 1.165) is 36.3 Å². The molecule has 7 heteroatoms. The predicted molar refractivity (Wildman–Crippen MR) is 111 cm³/mol. The van der Waals surface area contributed by atoms with Gasteiger partial charge in [0.1, 0.15) is 0 Å². The number of ether oxygens (including phenoxy) is 2. The minimum atomic E-state index is -0.249. The highest BCUT2D eigenvalue weighted by molar-refractivity contribution is 7.14. The van der Waals surface area contributed by atoms with Gasteiger partial charge >= 0.3 is 0 Å². The first-order valence-electron chi connectivity index (χ1n) is 10.2. The maximum absolute atomic E-state index is 12.4. The van der Waals surface area contributed by atoms with Gasteiger partial charge < -0.3 is 9.47 Å². The van der Waals surface area contributed by atoms with E-state index in [0.29, 0.717) is 30.4 Å². The molecule has 2 heterocycles. The second-order valence-electron chi connectivity index (χ2n) is 7.74. The molecule has 2 amide bonds. The van der Waals surface area contributed by atoms with Crippen molar-refractivity contribution in [3.05, 3.63) is 45.1 Å². The molecular weight excluding hydrogens is 388 g/mol. The van der Waals surface area contributed by atoms with Gasteiger partial charge in [-0.15, -0.1) is 11.3 Å². The van der Waals surface area contributed by atoms with Gasteiger partial charge in [-0.1, -0.05) is 13.0 Å². The molecule has 1 unspecified atom stereocenters. The van der Waals surface area contributed by atoms with Crippen molar-refractivity contribution in [1.29, 1.82) is 0 Å². The lowest BCUT2D eigenvalue weighted by Crippen LogP contribution is -2.41. The Balaban J connectivity index is 1.26. The highest BCUT2D eigenvalue weighted by Crippen LogP contribution is 2.32. The highest BCUT2D eigenvalue weighted by Gasteiger charge is 2.21. The van der Waals surface area contributed by atoms with E-state index in [-0.39, 0.29) is 18.2 Å². The number of hydrogen-bond acceptors (Lipinski definition) is 5. The lowest BCUT2D eigenvalue weighted by molar-refractivity contribution is -0.121. The van der Waals surface area contributed by atoms with Crippen molar-refractivity contribution >= 4 is 23.2 Å². The number of carbonyl (C=O) groups is 2. The minimum Gasteiger partial charge on any atom is -0.490 e. The lowest BCUT2D eigenvalue weighted by Gasteiger charge is -2.16. The highest BCUT2D eigenvalue weighted by atomic mass is 32.1. The van der Waals surface area contributed by atoms with Gasteiger partial charge in [0.05, 0.1) is 18.1 Å². The number of aryl methyl sites for hydroxylation is 2. The summed E-state index contributed by atoms with van der Waals surface area (Å²) in [7, 11) is 0. The van der Waals surface area contributed by atoms with Crippen molar-refractivity contribution in [3.63, 3.8) is 0 Å². The molecule has 0 saturated heterocycles. The number of benzene rings is 1. The molecule has 0 saturated carbocycles. The zero-order valence-corrected chi connectivity index (χ0v) is 17.4. The van der Waals surface area contributed by atoms with Crippen LogP contribution in [0.5, 0.6) is 11.5 Å². The molecule has 6 nitrogen and oxygen atoms in total. The molecule has 2 N–H and O–H groups in total. The third kappa shape index (κ3) is 4.90. The van der Waals surface area contributed by atoms with Crippen molar-refractivity contribution in [2.24, 2.45) is 5.92 Å². The van der Waals surface area contributed by atoms with E-state index in [2.05, 4.69) is 17.8 Å². The van der Waals surface area contributed by atoms with Gasteiger partial charge in [-0.05, 0) is 60.9 Å². The molecule has 4 rings (SSSR count). The molecule has 2 aromatic rings. The van der Waals surface area contributed by atoms with Crippen molar-refractivity contribution in [3.8, 4) is 11.5 Å². The zero-order chi connectivity index (χ0) is 20.2. The number of thiophene rings is 1. The van der Waals surface area contributed by atoms with Crippen LogP contribution < -0.4 is 20.3 Å². The Kier molecular flexibility index (Phi) is 6.04. The number of carbonyl (C=O) groups excluding carboxylic acids is 2. The standard InChI is InChI=1S/C22H26N2O4S/c1-14-3-7-19-16(11-14)13-20(29-19)22(26)24-23-21(25)8-5-15-4-6-17-18(12-15)28-10-2-9-27-17/h4,6,12-14H,2-3,5,7-11H2,1H3,(H,23,25)(H,24,26). The normalized spacial score (nSPS) is 17.8. The predicted octanol–water partition coefficient (Wildman–Crippen LogP) is 3.43. The van der Waals surface area contributed by atoms with E-state index in [4.69, 9.17) is 9.47 Å². The average molecular weight is 415 g/mol. The zero-order valence-electron chi connectivity index (χ0n) is 16.6. The van der Waals surface area contributed by atoms with Crippen LogP contribution in [-0.2, 0) is 24.1 Å². The summed E-state index contributed by atoms with van der Waals surface area (Å²) in [5, 5.41) is 0. The van der Waals surface area contributed by atoms with Gasteiger partial charge in [0.2, 0.25) is 5.91 Å². The van der Waals surface area contributed by atoms with Crippen LogP contribution in [0, 0.1) is 5.92 Å². The Morgan fingerprint density at radius 1 is 1.14 bits per heavy atom. The third-order valence-electron chi connectivity index (χ3n) is 5.32. The second-order valence-corrected chi connectivity index (χ2v) is 8.88. The Morgan fingerprint density at radius 3 is 2.83 bits per heavy atom. The van der Waals surface area contributed by atoms with E-state index >= 15 is 0 Å². The number of fused-ring (bicyclic) bond motifs is 2. The SMILES string of the molecule is CC1CCc2sc(C(=O)NNC(=O)CCc3ccc4c(c3)OCCCO4)cc2C1. The smallest absolute Gasteiger partial charge is 0.279 e. The maximum Gasteiger partial charge on any atom is 0.279 e. The van der Waals surface area contributed by atoms with Crippen LogP contribution in [0.25, 0.3) is 0 Å². The monoisotopic (exact) mass is 414 g/mol. The summed E-state index contributed by atoms with van der Waals surface area (Å²) in [5.41, 5.74) is 7.34. The average Bonchev–Trinajstić information content (AvgIpc) is 3.00. The third-order valence-corrected chi connectivity index (χ3v) is 6.56. The fourth-order valence-electron chi connectivity index (χ4n) is 3.69. The van der Waals surface area contributed by atoms with E-state index in [1.165, 1.54) is 28.2 Å². The van der Waals surface area contributed by atoms with Crippen molar-refractivity contribution in [2.45, 2.75) is 45.4 Å². The molecule has 1 atom stereocenters. The van der Waals surface area contributed by atoms with Crippen LogP contribution in [0.15, 0.2) is 24.3 Å². The van der Waals surface area contributed by atoms with Gasteiger partial charge in [0.15, 0.2) is 11.5 Å². The molecule has 1 aromatic heterocycles. The van der Waals surface area contributed by atoms with Crippen LogP contribution in [-0.4, -0.2) is 25.0 Å². The summed E-state index contributed by atoms with van der Waals surface area (Å²) in [6.07, 6.45) is 4.93. The van der Waals surface area contributed by atoms with Gasteiger partial charge in [0.25, 0.3) is 5.91 Å². The van der Waals surface area contributed by atoms with E-state index in [1.807, 2.05) is 24.3 Å². The van der Waals surface area contributed by atoms with Crippen molar-refractivity contribution in [1.82, 2.24) is 10.9 Å². The van der Waals surface area contributed by atoms with E-state index in [1.54, 1.807) is 0 Å². The number of nitrogens with one attached hydrogen (secondary N) is 2. The van der Waals surface area contributed by atoms with Gasteiger partial charge in [-0.25, -0.2) is 0 Å². The molecule has 0 bridgehead atoms. The minimum absolute atomic E-state index is 0.222. The Bertz CT molecular complexity index is 908. The first-order chi connectivity index (χ1) is 14.1. The number of hydrazine groups is 1. The molecule has 154 valence electrons. The van der Waals surface area contributed by atoms with Crippen LogP contribution in [0.1, 0.15) is 51.9 Å². The first-order valence-corrected chi connectivity index (χ1v) is 11.0. The van der Waals surface area contributed by atoms with E-state index < -0.39 is 0 Å². The summed E-state index contributed by atoms with van der Waals surface area (Å²) in [4.78, 5) is 26.5. The maximum atomic E-state index is 12.4. The molecule has 0 spiro atoms. The number of hydrogen-bond donors (Lipinski definition) is 2. The molecule has 1 aliphatic carbocycles.